The first-order valence-corrected chi connectivity index (χ1v) is 6.21. The highest BCUT2D eigenvalue weighted by Crippen LogP contribution is 2.33. The molecule has 2 aromatic heterocycles. The number of hydrogen-bond donors (Lipinski definition) is 0. The van der Waals surface area contributed by atoms with Crippen molar-refractivity contribution in [1.29, 1.82) is 0 Å². The average Bonchev–Trinajstić information content (AvgIpc) is 2.45. The van der Waals surface area contributed by atoms with E-state index in [9.17, 15) is 13.2 Å². The Balaban J connectivity index is 2.35. The normalized spacial score (nSPS) is 12.0. The SMILES string of the molecule is COc1ccc2c(c1)c(C)nc1cc(C(F)(F)F)ncc12. The molecule has 0 N–H and O–H groups in total. The van der Waals surface area contributed by atoms with Crippen molar-refractivity contribution in [2.75, 3.05) is 7.11 Å². The molecule has 21 heavy (non-hydrogen) atoms. The van der Waals surface area contributed by atoms with Gasteiger partial charge in [-0.3, -0.25) is 9.97 Å². The molecule has 0 aliphatic heterocycles. The number of ether oxygens (including phenoxy) is 1. The summed E-state index contributed by atoms with van der Waals surface area (Å²) in [6.45, 7) is 1.76. The molecule has 2 heterocycles. The number of methoxy groups -OCH3 is 1. The van der Waals surface area contributed by atoms with Crippen molar-refractivity contribution in [1.82, 2.24) is 9.97 Å². The number of aryl methyl sites for hydroxylation is 1. The second-order valence-corrected chi connectivity index (χ2v) is 4.69. The number of benzene rings is 1. The first-order valence-electron chi connectivity index (χ1n) is 6.21. The maximum atomic E-state index is 12.7. The van der Waals surface area contributed by atoms with Crippen LogP contribution in [0.5, 0.6) is 5.75 Å². The molecule has 108 valence electrons. The van der Waals surface area contributed by atoms with Crippen LogP contribution in [0.15, 0.2) is 30.5 Å². The number of hydrogen-bond acceptors (Lipinski definition) is 3. The smallest absolute Gasteiger partial charge is 0.433 e. The highest BCUT2D eigenvalue weighted by molar-refractivity contribution is 6.06. The Kier molecular flexibility index (Phi) is 2.97. The van der Waals surface area contributed by atoms with Gasteiger partial charge in [0.2, 0.25) is 0 Å². The van der Waals surface area contributed by atoms with Crippen molar-refractivity contribution in [3.63, 3.8) is 0 Å². The first kappa shape index (κ1) is 13.6. The molecule has 3 rings (SSSR count). The quantitative estimate of drug-likeness (QED) is 0.633. The molecule has 1 aromatic carbocycles. The van der Waals surface area contributed by atoms with Crippen LogP contribution in [0, 0.1) is 6.92 Å². The van der Waals surface area contributed by atoms with Gasteiger partial charge in [0.15, 0.2) is 0 Å². The molecule has 0 saturated heterocycles. The van der Waals surface area contributed by atoms with E-state index in [0.29, 0.717) is 16.8 Å². The number of rotatable bonds is 1. The lowest BCUT2D eigenvalue weighted by molar-refractivity contribution is -0.141. The fourth-order valence-electron chi connectivity index (χ4n) is 2.33. The number of aromatic nitrogens is 2. The number of pyridine rings is 2. The summed E-state index contributed by atoms with van der Waals surface area (Å²) in [5, 5.41) is 2.23. The van der Waals surface area contributed by atoms with Gasteiger partial charge in [-0.2, -0.15) is 13.2 Å². The number of nitrogens with zero attached hydrogens (tertiary/aromatic N) is 2. The molecule has 0 spiro atoms. The van der Waals surface area contributed by atoms with Gasteiger partial charge in [-0.05, 0) is 36.6 Å². The highest BCUT2D eigenvalue weighted by atomic mass is 19.4. The van der Waals surface area contributed by atoms with Crippen molar-refractivity contribution in [3.8, 4) is 5.75 Å². The lowest BCUT2D eigenvalue weighted by Crippen LogP contribution is -2.07. The fraction of sp³-hybridized carbons (Fsp3) is 0.200. The summed E-state index contributed by atoms with van der Waals surface area (Å²) in [6, 6.07) is 6.36. The predicted molar refractivity (Wildman–Crippen MR) is 73.3 cm³/mol. The molecule has 0 aliphatic carbocycles. The average molecular weight is 292 g/mol. The Morgan fingerprint density at radius 3 is 2.48 bits per heavy atom. The molecular weight excluding hydrogens is 281 g/mol. The van der Waals surface area contributed by atoms with Gasteiger partial charge in [-0.25, -0.2) is 0 Å². The van der Waals surface area contributed by atoms with Gasteiger partial charge in [0.05, 0.1) is 12.6 Å². The predicted octanol–water partition coefficient (Wildman–Crippen LogP) is 4.12. The topological polar surface area (TPSA) is 35.0 Å². The summed E-state index contributed by atoms with van der Waals surface area (Å²) in [5.74, 6) is 0.673. The van der Waals surface area contributed by atoms with Crippen LogP contribution >= 0.6 is 0 Å². The van der Waals surface area contributed by atoms with E-state index in [2.05, 4.69) is 9.97 Å². The number of fused-ring (bicyclic) bond motifs is 3. The highest BCUT2D eigenvalue weighted by Gasteiger charge is 2.32. The second-order valence-electron chi connectivity index (χ2n) is 4.69. The summed E-state index contributed by atoms with van der Waals surface area (Å²) in [7, 11) is 1.56. The van der Waals surface area contributed by atoms with Crippen molar-refractivity contribution in [2.24, 2.45) is 0 Å². The summed E-state index contributed by atoms with van der Waals surface area (Å²) < 4.78 is 43.3. The fourth-order valence-corrected chi connectivity index (χ4v) is 2.33. The Hall–Kier alpha value is -2.37. The van der Waals surface area contributed by atoms with Crippen LogP contribution in [0.4, 0.5) is 13.2 Å². The zero-order valence-electron chi connectivity index (χ0n) is 11.3. The van der Waals surface area contributed by atoms with Gasteiger partial charge in [0.1, 0.15) is 11.4 Å². The minimum absolute atomic E-state index is 0.285. The van der Waals surface area contributed by atoms with Gasteiger partial charge in [0.25, 0.3) is 0 Å². The zero-order chi connectivity index (χ0) is 15.2. The van der Waals surface area contributed by atoms with Crippen molar-refractivity contribution >= 4 is 21.7 Å². The maximum Gasteiger partial charge on any atom is 0.433 e. The second kappa shape index (κ2) is 4.58. The number of alkyl halides is 3. The Labute approximate surface area is 118 Å². The van der Waals surface area contributed by atoms with Gasteiger partial charge < -0.3 is 4.74 Å². The van der Waals surface area contributed by atoms with Gasteiger partial charge in [-0.1, -0.05) is 0 Å². The van der Waals surface area contributed by atoms with Crippen LogP contribution in [0.2, 0.25) is 0 Å². The molecule has 0 amide bonds. The van der Waals surface area contributed by atoms with Crippen LogP contribution in [0.3, 0.4) is 0 Å². The van der Waals surface area contributed by atoms with E-state index < -0.39 is 11.9 Å². The molecule has 0 radical (unpaired) electrons. The summed E-state index contributed by atoms with van der Waals surface area (Å²) in [4.78, 5) is 7.76. The minimum Gasteiger partial charge on any atom is -0.497 e. The van der Waals surface area contributed by atoms with Gasteiger partial charge in [-0.15, -0.1) is 0 Å². The minimum atomic E-state index is -4.47. The molecular formula is C15H11F3N2O. The van der Waals surface area contributed by atoms with Crippen LogP contribution in [-0.4, -0.2) is 17.1 Å². The third kappa shape index (κ3) is 2.26. The van der Waals surface area contributed by atoms with Crippen LogP contribution in [0.25, 0.3) is 21.7 Å². The van der Waals surface area contributed by atoms with E-state index in [1.807, 2.05) is 6.07 Å². The third-order valence-corrected chi connectivity index (χ3v) is 3.37. The Morgan fingerprint density at radius 2 is 1.81 bits per heavy atom. The summed E-state index contributed by atoms with van der Waals surface area (Å²) in [6.07, 6.45) is -3.25. The standard InChI is InChI=1S/C15H11F3N2O/c1-8-11-5-9(21-2)3-4-10(11)12-7-19-14(15(16,17)18)6-13(12)20-8/h3-7H,1-2H3. The van der Waals surface area contributed by atoms with E-state index in [0.717, 1.165) is 16.8 Å². The lowest BCUT2D eigenvalue weighted by Gasteiger charge is -2.10. The van der Waals surface area contributed by atoms with E-state index in [1.165, 1.54) is 6.20 Å². The van der Waals surface area contributed by atoms with Gasteiger partial charge >= 0.3 is 6.18 Å². The van der Waals surface area contributed by atoms with E-state index in [-0.39, 0.29) is 5.52 Å². The van der Waals surface area contributed by atoms with E-state index >= 15 is 0 Å². The van der Waals surface area contributed by atoms with Crippen molar-refractivity contribution in [3.05, 3.63) is 41.9 Å². The molecule has 0 bridgehead atoms. The molecule has 6 heteroatoms. The monoisotopic (exact) mass is 292 g/mol. The molecule has 0 saturated carbocycles. The number of halogens is 3. The molecule has 0 unspecified atom stereocenters. The summed E-state index contributed by atoms with van der Waals surface area (Å²) >= 11 is 0. The maximum absolute atomic E-state index is 12.7. The largest absolute Gasteiger partial charge is 0.497 e. The van der Waals surface area contributed by atoms with Crippen molar-refractivity contribution in [2.45, 2.75) is 13.1 Å². The Morgan fingerprint density at radius 1 is 1.05 bits per heavy atom. The van der Waals surface area contributed by atoms with Crippen LogP contribution in [-0.2, 0) is 6.18 Å². The van der Waals surface area contributed by atoms with E-state index in [4.69, 9.17) is 4.74 Å². The van der Waals surface area contributed by atoms with Crippen LogP contribution < -0.4 is 4.74 Å². The molecule has 3 nitrogen and oxygen atoms in total. The Bertz CT molecular complexity index is 844. The zero-order valence-corrected chi connectivity index (χ0v) is 11.3. The molecule has 3 aromatic rings. The lowest BCUT2D eigenvalue weighted by atomic mass is 10.0. The molecule has 0 aliphatic rings. The molecule has 0 fully saturated rings. The third-order valence-electron chi connectivity index (χ3n) is 3.37. The summed E-state index contributed by atoms with van der Waals surface area (Å²) in [5.41, 5.74) is -0.00187. The first-order chi connectivity index (χ1) is 9.90. The molecule has 0 atom stereocenters. The van der Waals surface area contributed by atoms with E-state index in [1.54, 1.807) is 26.2 Å². The van der Waals surface area contributed by atoms with Crippen LogP contribution in [0.1, 0.15) is 11.4 Å². The van der Waals surface area contributed by atoms with Gasteiger partial charge in [0, 0.05) is 22.7 Å². The van der Waals surface area contributed by atoms with Crippen molar-refractivity contribution < 1.29 is 17.9 Å².